The summed E-state index contributed by atoms with van der Waals surface area (Å²) in [5.74, 6) is 0.161. The minimum absolute atomic E-state index is 0. The number of anilines is 2. The predicted octanol–water partition coefficient (Wildman–Crippen LogP) is 2.18. The number of benzene rings is 1. The summed E-state index contributed by atoms with van der Waals surface area (Å²) in [6, 6.07) is 3.92. The smallest absolute Gasteiger partial charge is 0.277 e. The fraction of sp³-hybridized carbons (Fsp3) is 0.381. The van der Waals surface area contributed by atoms with Crippen molar-refractivity contribution >= 4 is 46.2 Å². The van der Waals surface area contributed by atoms with Crippen LogP contribution in [0.1, 0.15) is 29.2 Å². The zero-order valence-electron chi connectivity index (χ0n) is 17.2. The molecule has 0 spiro atoms. The summed E-state index contributed by atoms with van der Waals surface area (Å²) in [5.41, 5.74) is 3.69. The third-order valence-corrected chi connectivity index (χ3v) is 5.69. The molecule has 1 unspecified atom stereocenters. The Balaban J connectivity index is 0.00000231. The lowest BCUT2D eigenvalue weighted by Crippen LogP contribution is -2.23. The number of fused-ring (bicyclic) bond motifs is 1. The van der Waals surface area contributed by atoms with Crippen LogP contribution < -0.4 is 15.5 Å². The summed E-state index contributed by atoms with van der Waals surface area (Å²) >= 11 is 0. The Morgan fingerprint density at radius 1 is 1.39 bits per heavy atom. The molecule has 0 bridgehead atoms. The van der Waals surface area contributed by atoms with Crippen molar-refractivity contribution < 1.29 is 14.3 Å². The fourth-order valence-electron chi connectivity index (χ4n) is 4.04. The number of oxazole rings is 1. The van der Waals surface area contributed by atoms with Gasteiger partial charge in [-0.1, -0.05) is 6.08 Å². The summed E-state index contributed by atoms with van der Waals surface area (Å²) in [6.45, 7) is 2.90. The SMILES string of the molecule is Cl.Cn1ncc2cc(N3CCC(O)C3)c(NC(=O)c3coc(C4=CCNCC4)n3)cc21. The number of nitrogens with one attached hydrogen (secondary N) is 2. The van der Waals surface area contributed by atoms with Gasteiger partial charge in [-0.15, -0.1) is 12.4 Å². The van der Waals surface area contributed by atoms with Gasteiger partial charge in [0.1, 0.15) is 6.26 Å². The van der Waals surface area contributed by atoms with Crippen LogP contribution in [-0.4, -0.2) is 58.1 Å². The molecule has 1 fully saturated rings. The van der Waals surface area contributed by atoms with E-state index in [2.05, 4.69) is 25.6 Å². The van der Waals surface area contributed by atoms with Gasteiger partial charge >= 0.3 is 0 Å². The van der Waals surface area contributed by atoms with Crippen molar-refractivity contribution in [1.82, 2.24) is 20.1 Å². The number of nitrogens with zero attached hydrogens (tertiary/aromatic N) is 4. The molecule has 9 nitrogen and oxygen atoms in total. The van der Waals surface area contributed by atoms with Crippen LogP contribution in [0.4, 0.5) is 11.4 Å². The highest BCUT2D eigenvalue weighted by molar-refractivity contribution is 6.06. The molecule has 0 radical (unpaired) electrons. The molecule has 1 amide bonds. The topological polar surface area (TPSA) is 108 Å². The number of aliphatic hydroxyl groups excluding tert-OH is 1. The van der Waals surface area contributed by atoms with Gasteiger partial charge in [0.25, 0.3) is 5.91 Å². The number of hydrogen-bond acceptors (Lipinski definition) is 7. The molecule has 2 aliphatic rings. The van der Waals surface area contributed by atoms with Gasteiger partial charge < -0.3 is 25.1 Å². The Labute approximate surface area is 185 Å². The molecule has 1 saturated heterocycles. The highest BCUT2D eigenvalue weighted by Crippen LogP contribution is 2.34. The van der Waals surface area contributed by atoms with E-state index in [-0.39, 0.29) is 30.1 Å². The van der Waals surface area contributed by atoms with Gasteiger partial charge in [-0.25, -0.2) is 4.98 Å². The second kappa shape index (κ2) is 8.70. The Bertz CT molecular complexity index is 1140. The summed E-state index contributed by atoms with van der Waals surface area (Å²) in [6.07, 6.45) is 6.39. The first-order valence-corrected chi connectivity index (χ1v) is 10.1. The molecular weight excluding hydrogens is 420 g/mol. The second-order valence-corrected chi connectivity index (χ2v) is 7.76. The monoisotopic (exact) mass is 444 g/mol. The Hall–Kier alpha value is -2.88. The summed E-state index contributed by atoms with van der Waals surface area (Å²) < 4.78 is 7.33. The van der Waals surface area contributed by atoms with Gasteiger partial charge in [-0.05, 0) is 31.5 Å². The standard InChI is InChI=1S/C21H24N6O3.ClH/c1-26-18-9-16(19(8-14(18)10-23-26)27-7-4-15(28)11-27)24-20(29)17-12-30-21(25-17)13-2-5-22-6-3-13;/h2,8-10,12,15,22,28H,3-7,11H2,1H3,(H,24,29);1H. The number of aliphatic hydroxyl groups is 1. The molecule has 4 heterocycles. The van der Waals surface area contributed by atoms with Crippen LogP contribution in [0.2, 0.25) is 0 Å². The number of rotatable bonds is 4. The predicted molar refractivity (Wildman–Crippen MR) is 121 cm³/mol. The van der Waals surface area contributed by atoms with Crippen LogP contribution in [0.15, 0.2) is 35.1 Å². The van der Waals surface area contributed by atoms with Crippen LogP contribution in [0.25, 0.3) is 16.5 Å². The Kier molecular flexibility index (Phi) is 5.99. The number of halogens is 1. The number of hydrogen-bond donors (Lipinski definition) is 3. The van der Waals surface area contributed by atoms with Crippen molar-refractivity contribution in [2.75, 3.05) is 36.4 Å². The quantitative estimate of drug-likeness (QED) is 0.566. The molecule has 3 aromatic rings. The van der Waals surface area contributed by atoms with Crippen molar-refractivity contribution in [2.45, 2.75) is 18.9 Å². The lowest BCUT2D eigenvalue weighted by Gasteiger charge is -2.22. The zero-order valence-corrected chi connectivity index (χ0v) is 18.0. The molecule has 5 rings (SSSR count). The van der Waals surface area contributed by atoms with Gasteiger partial charge in [-0.3, -0.25) is 9.48 Å². The van der Waals surface area contributed by atoms with Gasteiger partial charge in [0.2, 0.25) is 5.89 Å². The number of β-amino-alcohol motifs (C(OH)–C–C–N with tert-alkyl or cyclic N) is 1. The van der Waals surface area contributed by atoms with E-state index in [4.69, 9.17) is 4.42 Å². The zero-order chi connectivity index (χ0) is 20.7. The number of aromatic nitrogens is 3. The summed E-state index contributed by atoms with van der Waals surface area (Å²) in [4.78, 5) is 19.4. The van der Waals surface area contributed by atoms with Crippen LogP contribution in [0, 0.1) is 0 Å². The van der Waals surface area contributed by atoms with Crippen LogP contribution >= 0.6 is 12.4 Å². The second-order valence-electron chi connectivity index (χ2n) is 7.76. The Morgan fingerprint density at radius 3 is 3.00 bits per heavy atom. The molecule has 1 aromatic carbocycles. The van der Waals surface area contributed by atoms with E-state index in [0.717, 1.165) is 48.2 Å². The van der Waals surface area contributed by atoms with Crippen molar-refractivity contribution in [3.8, 4) is 0 Å². The fourth-order valence-corrected chi connectivity index (χ4v) is 4.04. The molecular formula is C21H25ClN6O3. The van der Waals surface area contributed by atoms with Crippen molar-refractivity contribution in [1.29, 1.82) is 0 Å². The molecule has 3 N–H and O–H groups in total. The molecule has 10 heteroatoms. The van der Waals surface area contributed by atoms with E-state index >= 15 is 0 Å². The third-order valence-electron chi connectivity index (χ3n) is 5.69. The summed E-state index contributed by atoms with van der Waals surface area (Å²) in [5, 5.41) is 21.5. The minimum Gasteiger partial charge on any atom is -0.444 e. The third kappa shape index (κ3) is 4.16. The van der Waals surface area contributed by atoms with Gasteiger partial charge in [0.05, 0.1) is 29.2 Å². The van der Waals surface area contributed by atoms with E-state index in [1.807, 2.05) is 25.3 Å². The van der Waals surface area contributed by atoms with E-state index in [1.165, 1.54) is 6.26 Å². The van der Waals surface area contributed by atoms with Crippen molar-refractivity contribution in [2.24, 2.45) is 7.05 Å². The normalized spacial score (nSPS) is 18.7. The largest absolute Gasteiger partial charge is 0.444 e. The van der Waals surface area contributed by atoms with Crippen LogP contribution in [0.3, 0.4) is 0 Å². The average Bonchev–Trinajstić information content (AvgIpc) is 3.49. The van der Waals surface area contributed by atoms with Crippen LogP contribution in [0.5, 0.6) is 0 Å². The molecule has 1 atom stereocenters. The molecule has 0 saturated carbocycles. The van der Waals surface area contributed by atoms with Crippen LogP contribution in [-0.2, 0) is 7.05 Å². The number of aryl methyl sites for hydroxylation is 1. The first-order chi connectivity index (χ1) is 14.6. The molecule has 2 aromatic heterocycles. The molecule has 0 aliphatic carbocycles. The summed E-state index contributed by atoms with van der Waals surface area (Å²) in [7, 11) is 1.86. The lowest BCUT2D eigenvalue weighted by atomic mass is 10.1. The van der Waals surface area contributed by atoms with E-state index in [1.54, 1.807) is 10.9 Å². The molecule has 2 aliphatic heterocycles. The first kappa shape index (κ1) is 21.4. The molecule has 31 heavy (non-hydrogen) atoms. The van der Waals surface area contributed by atoms with E-state index < -0.39 is 0 Å². The van der Waals surface area contributed by atoms with E-state index in [9.17, 15) is 9.90 Å². The number of amides is 1. The highest BCUT2D eigenvalue weighted by atomic mass is 35.5. The lowest BCUT2D eigenvalue weighted by molar-refractivity contribution is 0.102. The van der Waals surface area contributed by atoms with Crippen molar-refractivity contribution in [3.05, 3.63) is 42.3 Å². The first-order valence-electron chi connectivity index (χ1n) is 10.1. The maximum absolute atomic E-state index is 12.9. The van der Waals surface area contributed by atoms with E-state index in [0.29, 0.717) is 24.5 Å². The van der Waals surface area contributed by atoms with Gasteiger partial charge in [0.15, 0.2) is 5.69 Å². The van der Waals surface area contributed by atoms with Gasteiger partial charge in [-0.2, -0.15) is 5.10 Å². The minimum atomic E-state index is -0.366. The maximum Gasteiger partial charge on any atom is 0.277 e. The number of carbonyl (C=O) groups excluding carboxylic acids is 1. The number of carbonyl (C=O) groups is 1. The average molecular weight is 445 g/mol. The van der Waals surface area contributed by atoms with Gasteiger partial charge in [0, 0.05) is 37.6 Å². The molecule has 164 valence electrons. The van der Waals surface area contributed by atoms with Crippen molar-refractivity contribution in [3.63, 3.8) is 0 Å². The highest BCUT2D eigenvalue weighted by Gasteiger charge is 2.25. The maximum atomic E-state index is 12.9. The Morgan fingerprint density at radius 2 is 2.26 bits per heavy atom.